The lowest BCUT2D eigenvalue weighted by molar-refractivity contribution is 0.504. The summed E-state index contributed by atoms with van der Waals surface area (Å²) in [4.78, 5) is 0. The predicted molar refractivity (Wildman–Crippen MR) is 52.4 cm³/mol. The molecule has 0 aliphatic heterocycles. The molecule has 0 radical (unpaired) electrons. The van der Waals surface area contributed by atoms with Gasteiger partial charge in [0, 0.05) is 24.0 Å². The molecule has 2 nitrogen and oxygen atoms in total. The van der Waals surface area contributed by atoms with Gasteiger partial charge in [0.05, 0.1) is 0 Å². The highest BCUT2D eigenvalue weighted by atomic mass is 15.0. The Kier molecular flexibility index (Phi) is 2.93. The molecule has 0 bridgehead atoms. The van der Waals surface area contributed by atoms with Crippen molar-refractivity contribution in [1.82, 2.24) is 9.88 Å². The molecule has 0 saturated carbocycles. The van der Waals surface area contributed by atoms with Crippen LogP contribution in [0.5, 0.6) is 0 Å². The smallest absolute Gasteiger partial charge is 0.0375 e. The molecule has 0 fully saturated rings. The van der Waals surface area contributed by atoms with Crippen LogP contribution in [0.3, 0.4) is 0 Å². The molecule has 2 heteroatoms. The van der Waals surface area contributed by atoms with E-state index in [4.69, 9.17) is 0 Å². The number of aromatic nitrogens is 1. The van der Waals surface area contributed by atoms with Crippen LogP contribution in [0, 0.1) is 13.8 Å². The van der Waals surface area contributed by atoms with Crippen molar-refractivity contribution in [3.63, 3.8) is 0 Å². The first-order chi connectivity index (χ1) is 5.65. The fourth-order valence-electron chi connectivity index (χ4n) is 1.35. The molecule has 1 N–H and O–H groups in total. The van der Waals surface area contributed by atoms with E-state index in [0.717, 1.165) is 6.54 Å². The molecule has 1 aromatic heterocycles. The molecule has 0 spiro atoms. The minimum absolute atomic E-state index is 0.537. The Morgan fingerprint density at radius 1 is 1.33 bits per heavy atom. The number of nitrogens with zero attached hydrogens (tertiary/aromatic N) is 1. The molecule has 1 heterocycles. The van der Waals surface area contributed by atoms with Crippen molar-refractivity contribution in [1.29, 1.82) is 0 Å². The second-order valence-electron chi connectivity index (χ2n) is 3.42. The Bertz CT molecular complexity index is 231. The highest BCUT2D eigenvalue weighted by molar-refractivity contribution is 5.13. The summed E-state index contributed by atoms with van der Waals surface area (Å²) in [5, 5.41) is 3.24. The van der Waals surface area contributed by atoms with E-state index in [1.54, 1.807) is 0 Å². The van der Waals surface area contributed by atoms with E-state index < -0.39 is 0 Å². The Morgan fingerprint density at radius 3 is 2.25 bits per heavy atom. The molecule has 1 unspecified atom stereocenters. The van der Waals surface area contributed by atoms with Gasteiger partial charge in [0.15, 0.2) is 0 Å². The van der Waals surface area contributed by atoms with Crippen LogP contribution in [0.2, 0.25) is 0 Å². The van der Waals surface area contributed by atoms with E-state index in [-0.39, 0.29) is 0 Å². The van der Waals surface area contributed by atoms with Crippen LogP contribution >= 0.6 is 0 Å². The van der Waals surface area contributed by atoms with Crippen molar-refractivity contribution in [2.45, 2.75) is 33.4 Å². The quantitative estimate of drug-likeness (QED) is 0.723. The summed E-state index contributed by atoms with van der Waals surface area (Å²) in [7, 11) is 2.00. The maximum atomic E-state index is 3.24. The van der Waals surface area contributed by atoms with E-state index in [0.29, 0.717) is 6.04 Å². The summed E-state index contributed by atoms with van der Waals surface area (Å²) in [6.45, 7) is 7.55. The van der Waals surface area contributed by atoms with Gasteiger partial charge >= 0.3 is 0 Å². The van der Waals surface area contributed by atoms with Gasteiger partial charge in [0.2, 0.25) is 0 Å². The predicted octanol–water partition coefficient (Wildman–Crippen LogP) is 1.71. The van der Waals surface area contributed by atoms with Gasteiger partial charge in [-0.1, -0.05) is 0 Å². The SMILES string of the molecule is CNC(C)Cn1c(C)ccc1C. The number of hydrogen-bond donors (Lipinski definition) is 1. The van der Waals surface area contributed by atoms with Crippen LogP contribution in [0.15, 0.2) is 12.1 Å². The maximum absolute atomic E-state index is 3.24. The molecule has 12 heavy (non-hydrogen) atoms. The van der Waals surface area contributed by atoms with E-state index in [1.165, 1.54) is 11.4 Å². The van der Waals surface area contributed by atoms with Crippen molar-refractivity contribution in [3.8, 4) is 0 Å². The van der Waals surface area contributed by atoms with Gasteiger partial charge < -0.3 is 9.88 Å². The molecule has 0 saturated heterocycles. The van der Waals surface area contributed by atoms with Crippen LogP contribution < -0.4 is 5.32 Å². The third-order valence-corrected chi connectivity index (χ3v) is 2.37. The second-order valence-corrected chi connectivity index (χ2v) is 3.42. The first kappa shape index (κ1) is 9.33. The minimum Gasteiger partial charge on any atom is -0.348 e. The molecular weight excluding hydrogens is 148 g/mol. The van der Waals surface area contributed by atoms with Crippen LogP contribution in [0.1, 0.15) is 18.3 Å². The highest BCUT2D eigenvalue weighted by Gasteiger charge is 2.03. The van der Waals surface area contributed by atoms with E-state index in [9.17, 15) is 0 Å². The Labute approximate surface area is 74.6 Å². The van der Waals surface area contributed by atoms with E-state index >= 15 is 0 Å². The minimum atomic E-state index is 0.537. The lowest BCUT2D eigenvalue weighted by Crippen LogP contribution is -2.27. The third kappa shape index (κ3) is 1.89. The zero-order chi connectivity index (χ0) is 9.14. The Morgan fingerprint density at radius 2 is 1.83 bits per heavy atom. The number of rotatable bonds is 3. The average Bonchev–Trinajstić information content (AvgIpc) is 2.35. The molecule has 0 amide bonds. The largest absolute Gasteiger partial charge is 0.348 e. The number of hydrogen-bond acceptors (Lipinski definition) is 1. The molecule has 1 atom stereocenters. The van der Waals surface area contributed by atoms with Gasteiger partial charge in [-0.05, 0) is 40.0 Å². The van der Waals surface area contributed by atoms with Gasteiger partial charge in [-0.2, -0.15) is 0 Å². The van der Waals surface area contributed by atoms with Crippen molar-refractivity contribution >= 4 is 0 Å². The van der Waals surface area contributed by atoms with Crippen LogP contribution in [-0.2, 0) is 6.54 Å². The van der Waals surface area contributed by atoms with Crippen molar-refractivity contribution < 1.29 is 0 Å². The first-order valence-electron chi connectivity index (χ1n) is 4.45. The summed E-state index contributed by atoms with van der Waals surface area (Å²) >= 11 is 0. The van der Waals surface area contributed by atoms with Crippen molar-refractivity contribution in [2.75, 3.05) is 7.05 Å². The number of likely N-dealkylation sites (N-methyl/N-ethyl adjacent to an activating group) is 1. The first-order valence-corrected chi connectivity index (χ1v) is 4.45. The monoisotopic (exact) mass is 166 g/mol. The van der Waals surface area contributed by atoms with Gasteiger partial charge in [-0.25, -0.2) is 0 Å². The van der Waals surface area contributed by atoms with Crippen LogP contribution in [0.25, 0.3) is 0 Å². The third-order valence-electron chi connectivity index (χ3n) is 2.37. The van der Waals surface area contributed by atoms with E-state index in [2.05, 4.69) is 42.8 Å². The zero-order valence-corrected chi connectivity index (χ0v) is 8.39. The van der Waals surface area contributed by atoms with E-state index in [1.807, 2.05) is 7.05 Å². The van der Waals surface area contributed by atoms with Crippen LogP contribution in [0.4, 0.5) is 0 Å². The van der Waals surface area contributed by atoms with Gasteiger partial charge in [0.25, 0.3) is 0 Å². The summed E-state index contributed by atoms with van der Waals surface area (Å²) in [5.41, 5.74) is 2.68. The molecule has 1 rings (SSSR count). The molecule has 68 valence electrons. The number of nitrogens with one attached hydrogen (secondary N) is 1. The lowest BCUT2D eigenvalue weighted by atomic mass is 10.3. The maximum Gasteiger partial charge on any atom is 0.0375 e. The highest BCUT2D eigenvalue weighted by Crippen LogP contribution is 2.07. The summed E-state index contributed by atoms with van der Waals surface area (Å²) in [5.74, 6) is 0. The topological polar surface area (TPSA) is 17.0 Å². The molecule has 0 aliphatic carbocycles. The van der Waals surface area contributed by atoms with Crippen molar-refractivity contribution in [2.24, 2.45) is 0 Å². The number of aryl methyl sites for hydroxylation is 2. The van der Waals surface area contributed by atoms with Gasteiger partial charge in [0.1, 0.15) is 0 Å². The molecule has 1 aromatic rings. The van der Waals surface area contributed by atoms with Gasteiger partial charge in [-0.15, -0.1) is 0 Å². The van der Waals surface area contributed by atoms with Crippen LogP contribution in [-0.4, -0.2) is 17.7 Å². The second kappa shape index (κ2) is 3.76. The van der Waals surface area contributed by atoms with Gasteiger partial charge in [-0.3, -0.25) is 0 Å². The normalized spacial score (nSPS) is 13.3. The Hall–Kier alpha value is -0.760. The zero-order valence-electron chi connectivity index (χ0n) is 8.39. The lowest BCUT2D eigenvalue weighted by Gasteiger charge is -2.14. The summed E-state index contributed by atoms with van der Waals surface area (Å²) in [6.07, 6.45) is 0. The molecule has 0 aromatic carbocycles. The van der Waals surface area contributed by atoms with Crippen molar-refractivity contribution in [3.05, 3.63) is 23.5 Å². The fraction of sp³-hybridized carbons (Fsp3) is 0.600. The molecule has 0 aliphatic rings. The average molecular weight is 166 g/mol. The molecular formula is C10H18N2. The fourth-order valence-corrected chi connectivity index (χ4v) is 1.35. The Balaban J connectivity index is 2.73. The summed E-state index contributed by atoms with van der Waals surface area (Å²) in [6, 6.07) is 4.87. The standard InChI is InChI=1S/C10H18N2/c1-8(11-4)7-12-9(2)5-6-10(12)3/h5-6,8,11H,7H2,1-4H3. The summed E-state index contributed by atoms with van der Waals surface area (Å²) < 4.78 is 2.33.